The van der Waals surface area contributed by atoms with Gasteiger partial charge in [-0.2, -0.15) is 0 Å². The van der Waals surface area contributed by atoms with Gasteiger partial charge in [0.25, 0.3) is 0 Å². The maximum absolute atomic E-state index is 3.66. The van der Waals surface area contributed by atoms with E-state index in [1.807, 2.05) is 0 Å². The highest BCUT2D eigenvalue weighted by Crippen LogP contribution is 2.29. The number of hydrogen-bond donors (Lipinski definition) is 1. The van der Waals surface area contributed by atoms with E-state index in [-0.39, 0.29) is 0 Å². The molecule has 0 aromatic heterocycles. The van der Waals surface area contributed by atoms with Gasteiger partial charge in [-0.25, -0.2) is 0 Å². The van der Waals surface area contributed by atoms with Crippen molar-refractivity contribution in [1.82, 2.24) is 10.2 Å². The van der Waals surface area contributed by atoms with Gasteiger partial charge in [0.15, 0.2) is 0 Å². The average molecular weight is 280 g/mol. The lowest BCUT2D eigenvalue weighted by Gasteiger charge is -2.32. The number of benzene rings is 2. The standard InChI is InChI=1S/C19H24N2/c1-3-20-19(16-9-5-4-6-10-16)15(2)21-13-17-11-7-8-12-18(17)14-21/h4-12,15,19-20H,3,13-14H2,1-2H3. The van der Waals surface area contributed by atoms with Crippen LogP contribution in [0.4, 0.5) is 0 Å². The van der Waals surface area contributed by atoms with E-state index >= 15 is 0 Å². The van der Waals surface area contributed by atoms with Gasteiger partial charge < -0.3 is 5.32 Å². The first kappa shape index (κ1) is 14.3. The summed E-state index contributed by atoms with van der Waals surface area (Å²) < 4.78 is 0. The van der Waals surface area contributed by atoms with Crippen LogP contribution < -0.4 is 5.32 Å². The number of hydrogen-bond acceptors (Lipinski definition) is 2. The first-order valence-electron chi connectivity index (χ1n) is 7.88. The van der Waals surface area contributed by atoms with Gasteiger partial charge >= 0.3 is 0 Å². The largest absolute Gasteiger partial charge is 0.309 e. The second-order valence-electron chi connectivity index (χ2n) is 5.86. The van der Waals surface area contributed by atoms with Crippen LogP contribution in [0.15, 0.2) is 54.6 Å². The molecule has 2 nitrogen and oxygen atoms in total. The van der Waals surface area contributed by atoms with Gasteiger partial charge in [0, 0.05) is 25.2 Å². The molecule has 3 rings (SSSR count). The zero-order valence-corrected chi connectivity index (χ0v) is 12.9. The van der Waals surface area contributed by atoms with Gasteiger partial charge in [-0.1, -0.05) is 61.5 Å². The lowest BCUT2D eigenvalue weighted by Crippen LogP contribution is -2.40. The van der Waals surface area contributed by atoms with E-state index in [4.69, 9.17) is 0 Å². The molecule has 2 unspecified atom stereocenters. The predicted octanol–water partition coefficient (Wildman–Crippen LogP) is 3.74. The molecule has 1 N–H and O–H groups in total. The third kappa shape index (κ3) is 3.02. The van der Waals surface area contributed by atoms with Crippen LogP contribution in [0.1, 0.15) is 36.6 Å². The molecule has 2 aromatic rings. The number of nitrogens with zero attached hydrogens (tertiary/aromatic N) is 1. The van der Waals surface area contributed by atoms with E-state index in [1.54, 1.807) is 0 Å². The average Bonchev–Trinajstić information content (AvgIpc) is 2.97. The van der Waals surface area contributed by atoms with Crippen LogP contribution in [-0.2, 0) is 13.1 Å². The van der Waals surface area contributed by atoms with Gasteiger partial charge in [0.2, 0.25) is 0 Å². The molecule has 110 valence electrons. The van der Waals surface area contributed by atoms with E-state index in [0.29, 0.717) is 12.1 Å². The highest BCUT2D eigenvalue weighted by Gasteiger charge is 2.28. The SMILES string of the molecule is CCNC(c1ccccc1)C(C)N1Cc2ccccc2C1. The third-order valence-electron chi connectivity index (χ3n) is 4.51. The number of likely N-dealkylation sites (N-methyl/N-ethyl adjacent to an activating group) is 1. The Morgan fingerprint density at radius 1 is 0.952 bits per heavy atom. The maximum atomic E-state index is 3.66. The first-order valence-corrected chi connectivity index (χ1v) is 7.88. The summed E-state index contributed by atoms with van der Waals surface area (Å²) in [6.45, 7) is 7.64. The molecule has 0 aliphatic carbocycles. The Hall–Kier alpha value is -1.64. The van der Waals surface area contributed by atoms with E-state index in [0.717, 1.165) is 19.6 Å². The molecule has 1 heterocycles. The van der Waals surface area contributed by atoms with Crippen LogP contribution in [0.3, 0.4) is 0 Å². The monoisotopic (exact) mass is 280 g/mol. The third-order valence-corrected chi connectivity index (χ3v) is 4.51. The van der Waals surface area contributed by atoms with Gasteiger partial charge in [0.05, 0.1) is 0 Å². The fraction of sp³-hybridized carbons (Fsp3) is 0.368. The van der Waals surface area contributed by atoms with Crippen LogP contribution >= 0.6 is 0 Å². The molecule has 21 heavy (non-hydrogen) atoms. The molecule has 0 spiro atoms. The quantitative estimate of drug-likeness (QED) is 0.897. The van der Waals surface area contributed by atoms with Gasteiger partial charge in [-0.3, -0.25) is 4.90 Å². The summed E-state index contributed by atoms with van der Waals surface area (Å²) >= 11 is 0. The van der Waals surface area contributed by atoms with Crippen molar-refractivity contribution in [2.75, 3.05) is 6.54 Å². The minimum Gasteiger partial charge on any atom is -0.309 e. The molecular weight excluding hydrogens is 256 g/mol. The fourth-order valence-corrected chi connectivity index (χ4v) is 3.31. The molecule has 2 atom stereocenters. The molecule has 0 fully saturated rings. The molecule has 0 bridgehead atoms. The topological polar surface area (TPSA) is 15.3 Å². The van der Waals surface area contributed by atoms with Crippen molar-refractivity contribution in [1.29, 1.82) is 0 Å². The molecule has 0 saturated carbocycles. The van der Waals surface area contributed by atoms with Crippen molar-refractivity contribution in [3.8, 4) is 0 Å². The summed E-state index contributed by atoms with van der Waals surface area (Å²) in [6.07, 6.45) is 0. The Morgan fingerprint density at radius 2 is 1.52 bits per heavy atom. The van der Waals surface area contributed by atoms with Crippen molar-refractivity contribution >= 4 is 0 Å². The molecule has 1 aliphatic rings. The van der Waals surface area contributed by atoms with Crippen molar-refractivity contribution in [2.24, 2.45) is 0 Å². The number of fused-ring (bicyclic) bond motifs is 1. The summed E-state index contributed by atoms with van der Waals surface area (Å²) in [7, 11) is 0. The summed E-state index contributed by atoms with van der Waals surface area (Å²) in [4.78, 5) is 2.57. The van der Waals surface area contributed by atoms with Gasteiger partial charge in [-0.05, 0) is 30.2 Å². The normalized spacial score (nSPS) is 17.4. The highest BCUT2D eigenvalue weighted by molar-refractivity contribution is 5.31. The number of rotatable bonds is 5. The highest BCUT2D eigenvalue weighted by atomic mass is 15.2. The van der Waals surface area contributed by atoms with E-state index in [1.165, 1.54) is 16.7 Å². The second-order valence-corrected chi connectivity index (χ2v) is 5.86. The van der Waals surface area contributed by atoms with Gasteiger partial charge in [0.1, 0.15) is 0 Å². The van der Waals surface area contributed by atoms with E-state index in [2.05, 4.69) is 78.7 Å². The molecular formula is C19H24N2. The second kappa shape index (κ2) is 6.42. The molecule has 0 saturated heterocycles. The molecule has 0 amide bonds. The summed E-state index contributed by atoms with van der Waals surface area (Å²) in [6, 6.07) is 20.5. The molecule has 2 heteroatoms. The predicted molar refractivity (Wildman–Crippen MR) is 88.0 cm³/mol. The van der Waals surface area contributed by atoms with Crippen LogP contribution in [0.5, 0.6) is 0 Å². The van der Waals surface area contributed by atoms with Crippen molar-refractivity contribution in [3.05, 3.63) is 71.3 Å². The maximum Gasteiger partial charge on any atom is 0.0475 e. The Labute approximate surface area is 127 Å². The van der Waals surface area contributed by atoms with E-state index < -0.39 is 0 Å². The Morgan fingerprint density at radius 3 is 2.10 bits per heavy atom. The zero-order chi connectivity index (χ0) is 14.7. The minimum atomic E-state index is 0.380. The van der Waals surface area contributed by atoms with Crippen LogP contribution in [0, 0.1) is 0 Å². The van der Waals surface area contributed by atoms with Crippen molar-refractivity contribution in [2.45, 2.75) is 39.0 Å². The smallest absolute Gasteiger partial charge is 0.0475 e. The van der Waals surface area contributed by atoms with Crippen molar-refractivity contribution < 1.29 is 0 Å². The van der Waals surface area contributed by atoms with Gasteiger partial charge in [-0.15, -0.1) is 0 Å². The Kier molecular flexibility index (Phi) is 4.37. The summed E-state index contributed by atoms with van der Waals surface area (Å²) in [5.74, 6) is 0. The van der Waals surface area contributed by atoms with Crippen LogP contribution in [0.2, 0.25) is 0 Å². The summed E-state index contributed by atoms with van der Waals surface area (Å²) in [5, 5.41) is 3.66. The molecule has 0 radical (unpaired) electrons. The Bertz CT molecular complexity index is 554. The number of nitrogens with one attached hydrogen (secondary N) is 1. The first-order chi connectivity index (χ1) is 10.3. The van der Waals surface area contributed by atoms with Crippen molar-refractivity contribution in [3.63, 3.8) is 0 Å². The lowest BCUT2D eigenvalue weighted by atomic mass is 9.99. The molecule has 1 aliphatic heterocycles. The summed E-state index contributed by atoms with van der Waals surface area (Å²) in [5.41, 5.74) is 4.34. The lowest BCUT2D eigenvalue weighted by molar-refractivity contribution is 0.171. The molecule has 2 aromatic carbocycles. The fourth-order valence-electron chi connectivity index (χ4n) is 3.31. The van der Waals surface area contributed by atoms with Crippen LogP contribution in [0.25, 0.3) is 0 Å². The van der Waals surface area contributed by atoms with Crippen LogP contribution in [-0.4, -0.2) is 17.5 Å². The minimum absolute atomic E-state index is 0.380. The zero-order valence-electron chi connectivity index (χ0n) is 12.9. The Balaban J connectivity index is 1.78. The van der Waals surface area contributed by atoms with E-state index in [9.17, 15) is 0 Å².